The first-order valence-electron chi connectivity index (χ1n) is 7.03. The summed E-state index contributed by atoms with van der Waals surface area (Å²) in [6.07, 6.45) is 6.10. The van der Waals surface area contributed by atoms with Crippen LogP contribution in [0.25, 0.3) is 0 Å². The third kappa shape index (κ3) is 3.21. The molecule has 2 saturated carbocycles. The highest BCUT2D eigenvalue weighted by molar-refractivity contribution is 5.76. The van der Waals surface area contributed by atoms with Crippen LogP contribution in [0.5, 0.6) is 0 Å². The van der Waals surface area contributed by atoms with E-state index in [0.717, 1.165) is 11.8 Å². The summed E-state index contributed by atoms with van der Waals surface area (Å²) in [6, 6.07) is 0.312. The van der Waals surface area contributed by atoms with Crippen molar-refractivity contribution in [3.8, 4) is 0 Å². The van der Waals surface area contributed by atoms with Gasteiger partial charge in [-0.15, -0.1) is 0 Å². The molecule has 2 bridgehead atoms. The molecule has 2 fully saturated rings. The van der Waals surface area contributed by atoms with Gasteiger partial charge in [0.1, 0.15) is 0 Å². The zero-order chi connectivity index (χ0) is 12.4. The van der Waals surface area contributed by atoms with Crippen molar-refractivity contribution < 1.29 is 9.90 Å². The molecule has 2 N–H and O–H groups in total. The molecule has 0 saturated heterocycles. The van der Waals surface area contributed by atoms with Crippen molar-refractivity contribution in [2.75, 3.05) is 0 Å². The predicted molar refractivity (Wildman–Crippen MR) is 67.5 cm³/mol. The number of carbonyl (C=O) groups is 1. The monoisotopic (exact) mass is 239 g/mol. The lowest BCUT2D eigenvalue weighted by molar-refractivity contribution is -0.122. The van der Waals surface area contributed by atoms with Crippen molar-refractivity contribution in [3.63, 3.8) is 0 Å². The summed E-state index contributed by atoms with van der Waals surface area (Å²) in [5.74, 6) is 2.58. The molecule has 0 aromatic carbocycles. The van der Waals surface area contributed by atoms with E-state index in [1.54, 1.807) is 6.92 Å². The molecule has 5 atom stereocenters. The number of nitrogens with one attached hydrogen (secondary N) is 1. The topological polar surface area (TPSA) is 49.3 Å². The van der Waals surface area contributed by atoms with Gasteiger partial charge in [-0.3, -0.25) is 4.79 Å². The number of aliphatic hydroxyl groups is 1. The summed E-state index contributed by atoms with van der Waals surface area (Å²) in [4.78, 5) is 11.7. The van der Waals surface area contributed by atoms with Crippen molar-refractivity contribution in [1.29, 1.82) is 0 Å². The van der Waals surface area contributed by atoms with Gasteiger partial charge in [-0.1, -0.05) is 6.42 Å². The van der Waals surface area contributed by atoms with Crippen molar-refractivity contribution in [1.82, 2.24) is 5.32 Å². The minimum atomic E-state index is -0.376. The normalized spacial score (nSPS) is 34.6. The van der Waals surface area contributed by atoms with E-state index in [-0.39, 0.29) is 12.0 Å². The van der Waals surface area contributed by atoms with Crippen LogP contribution >= 0.6 is 0 Å². The van der Waals surface area contributed by atoms with Gasteiger partial charge >= 0.3 is 0 Å². The second-order valence-electron chi connectivity index (χ2n) is 6.08. The van der Waals surface area contributed by atoms with E-state index >= 15 is 0 Å². The Labute approximate surface area is 104 Å². The van der Waals surface area contributed by atoms with Crippen LogP contribution in [0.4, 0.5) is 0 Å². The third-order valence-electron chi connectivity index (χ3n) is 4.61. The molecule has 98 valence electrons. The Morgan fingerprint density at radius 3 is 2.65 bits per heavy atom. The van der Waals surface area contributed by atoms with Gasteiger partial charge in [-0.2, -0.15) is 0 Å². The van der Waals surface area contributed by atoms with E-state index in [2.05, 4.69) is 12.2 Å². The highest BCUT2D eigenvalue weighted by Gasteiger charge is 2.41. The smallest absolute Gasteiger partial charge is 0.220 e. The minimum Gasteiger partial charge on any atom is -0.393 e. The van der Waals surface area contributed by atoms with E-state index in [9.17, 15) is 4.79 Å². The van der Waals surface area contributed by atoms with Crippen LogP contribution in [-0.4, -0.2) is 23.2 Å². The molecular weight excluding hydrogens is 214 g/mol. The molecule has 0 heterocycles. The van der Waals surface area contributed by atoms with E-state index in [1.807, 2.05) is 0 Å². The van der Waals surface area contributed by atoms with Crippen molar-refractivity contribution in [2.45, 2.75) is 64.5 Å². The zero-order valence-electron chi connectivity index (χ0n) is 11.0. The summed E-state index contributed by atoms with van der Waals surface area (Å²) >= 11 is 0. The Morgan fingerprint density at radius 2 is 2.12 bits per heavy atom. The maximum Gasteiger partial charge on any atom is 0.220 e. The summed E-state index contributed by atoms with van der Waals surface area (Å²) in [6.45, 7) is 3.87. The molecule has 0 aromatic rings. The summed E-state index contributed by atoms with van der Waals surface area (Å²) in [7, 11) is 0. The number of hydrogen-bond acceptors (Lipinski definition) is 2. The molecule has 2 aliphatic rings. The van der Waals surface area contributed by atoms with Gasteiger partial charge < -0.3 is 10.4 Å². The van der Waals surface area contributed by atoms with E-state index in [1.165, 1.54) is 25.7 Å². The molecule has 5 unspecified atom stereocenters. The van der Waals surface area contributed by atoms with Gasteiger partial charge in [0.25, 0.3) is 0 Å². The third-order valence-corrected chi connectivity index (χ3v) is 4.61. The summed E-state index contributed by atoms with van der Waals surface area (Å²) < 4.78 is 0. The molecule has 0 aliphatic heterocycles. The fraction of sp³-hybridized carbons (Fsp3) is 0.929. The average Bonchev–Trinajstić information content (AvgIpc) is 2.87. The first-order chi connectivity index (χ1) is 8.06. The zero-order valence-corrected chi connectivity index (χ0v) is 11.0. The molecule has 17 heavy (non-hydrogen) atoms. The Bertz CT molecular complexity index is 277. The summed E-state index contributed by atoms with van der Waals surface area (Å²) in [5.41, 5.74) is 0. The first kappa shape index (κ1) is 12.9. The second-order valence-corrected chi connectivity index (χ2v) is 6.08. The molecule has 2 aliphatic carbocycles. The number of fused-ring (bicyclic) bond motifs is 2. The predicted octanol–water partition coefficient (Wildman–Crippen LogP) is 2.09. The Hall–Kier alpha value is -0.570. The van der Waals surface area contributed by atoms with Crippen LogP contribution in [0, 0.1) is 17.8 Å². The van der Waals surface area contributed by atoms with Gasteiger partial charge in [-0.05, 0) is 57.3 Å². The number of rotatable bonds is 5. The number of hydrogen-bond donors (Lipinski definition) is 2. The van der Waals surface area contributed by atoms with Gasteiger partial charge in [0.2, 0.25) is 5.91 Å². The van der Waals surface area contributed by atoms with Gasteiger partial charge in [0.05, 0.1) is 6.10 Å². The van der Waals surface area contributed by atoms with Crippen molar-refractivity contribution >= 4 is 5.91 Å². The van der Waals surface area contributed by atoms with E-state index in [4.69, 9.17) is 5.11 Å². The second kappa shape index (κ2) is 5.38. The molecular formula is C14H25NO2. The van der Waals surface area contributed by atoms with Crippen LogP contribution in [0.2, 0.25) is 0 Å². The lowest BCUT2D eigenvalue weighted by atomic mass is 9.84. The Kier molecular flexibility index (Phi) is 4.08. The van der Waals surface area contributed by atoms with Crippen molar-refractivity contribution in [3.05, 3.63) is 0 Å². The maximum atomic E-state index is 11.7. The molecule has 0 spiro atoms. The molecule has 2 rings (SSSR count). The molecule has 0 radical (unpaired) electrons. The summed E-state index contributed by atoms with van der Waals surface area (Å²) in [5, 5.41) is 12.3. The molecule has 3 heteroatoms. The Morgan fingerprint density at radius 1 is 1.35 bits per heavy atom. The van der Waals surface area contributed by atoms with Gasteiger partial charge in [0.15, 0.2) is 0 Å². The number of amides is 1. The largest absolute Gasteiger partial charge is 0.393 e. The molecule has 3 nitrogen and oxygen atoms in total. The quantitative estimate of drug-likeness (QED) is 0.772. The lowest BCUT2D eigenvalue weighted by Gasteiger charge is -2.28. The average molecular weight is 239 g/mol. The van der Waals surface area contributed by atoms with Crippen LogP contribution in [0.3, 0.4) is 0 Å². The van der Waals surface area contributed by atoms with Crippen LogP contribution in [0.1, 0.15) is 52.4 Å². The SMILES string of the molecule is CC(O)CCC(=O)NC(C)C1CC2CCC1C2. The molecule has 0 aromatic heterocycles. The number of carbonyl (C=O) groups excluding carboxylic acids is 1. The van der Waals surface area contributed by atoms with E-state index in [0.29, 0.717) is 24.8 Å². The minimum absolute atomic E-state index is 0.0983. The molecule has 1 amide bonds. The van der Waals surface area contributed by atoms with Gasteiger partial charge in [0, 0.05) is 12.5 Å². The van der Waals surface area contributed by atoms with E-state index < -0.39 is 0 Å². The van der Waals surface area contributed by atoms with Crippen LogP contribution in [0.15, 0.2) is 0 Å². The van der Waals surface area contributed by atoms with Crippen molar-refractivity contribution in [2.24, 2.45) is 17.8 Å². The van der Waals surface area contributed by atoms with Crippen LogP contribution in [-0.2, 0) is 4.79 Å². The highest BCUT2D eigenvalue weighted by atomic mass is 16.3. The first-order valence-corrected chi connectivity index (χ1v) is 7.03. The highest BCUT2D eigenvalue weighted by Crippen LogP contribution is 2.49. The van der Waals surface area contributed by atoms with Gasteiger partial charge in [-0.25, -0.2) is 0 Å². The van der Waals surface area contributed by atoms with Crippen LogP contribution < -0.4 is 5.32 Å². The fourth-order valence-corrected chi connectivity index (χ4v) is 3.68. The maximum absolute atomic E-state index is 11.7. The lowest BCUT2D eigenvalue weighted by Crippen LogP contribution is -2.40. The number of aliphatic hydroxyl groups excluding tert-OH is 1. The standard InChI is InChI=1S/C14H25NO2/c1-9(16)3-6-14(17)15-10(2)13-8-11-4-5-12(13)7-11/h9-13,16H,3-8H2,1-2H3,(H,15,17). The fourth-order valence-electron chi connectivity index (χ4n) is 3.68. The Balaban J connectivity index is 1.73.